The fraction of sp³-hybridized carbons (Fsp3) is 0.579. The Bertz CT molecular complexity index is 685. The predicted molar refractivity (Wildman–Crippen MR) is 106 cm³/mol. The molecule has 150 valence electrons. The van der Waals surface area contributed by atoms with Crippen molar-refractivity contribution < 1.29 is 19.1 Å². The normalized spacial score (nSPS) is 18.9. The molecule has 0 aliphatic carbocycles. The van der Waals surface area contributed by atoms with E-state index in [2.05, 4.69) is 5.32 Å². The Morgan fingerprint density at radius 2 is 1.93 bits per heavy atom. The zero-order chi connectivity index (χ0) is 18.7. The highest BCUT2D eigenvalue weighted by atomic mass is 35.5. The van der Waals surface area contributed by atoms with Crippen molar-refractivity contribution in [3.8, 4) is 11.5 Å². The molecule has 8 heteroatoms. The average molecular weight is 398 g/mol. The first-order valence-corrected chi connectivity index (χ1v) is 9.24. The highest BCUT2D eigenvalue weighted by Gasteiger charge is 2.38. The number of ether oxygens (including phenoxy) is 2. The second-order valence-corrected chi connectivity index (χ2v) is 6.91. The van der Waals surface area contributed by atoms with Crippen molar-refractivity contribution >= 4 is 29.9 Å². The van der Waals surface area contributed by atoms with E-state index >= 15 is 0 Å². The third-order valence-electron chi connectivity index (χ3n) is 5.47. The smallest absolute Gasteiger partial charge is 0.227 e. The molecule has 0 aromatic heterocycles. The lowest BCUT2D eigenvalue weighted by molar-refractivity contribution is -0.128. The van der Waals surface area contributed by atoms with Gasteiger partial charge in [0.1, 0.15) is 13.2 Å². The summed E-state index contributed by atoms with van der Waals surface area (Å²) in [5.41, 5.74) is 6.20. The van der Waals surface area contributed by atoms with Crippen LogP contribution >= 0.6 is 12.4 Å². The largest absolute Gasteiger partial charge is 0.486 e. The molecule has 2 aliphatic rings. The summed E-state index contributed by atoms with van der Waals surface area (Å²) in [6.45, 7) is 5.78. The number of halogens is 1. The van der Waals surface area contributed by atoms with Crippen LogP contribution < -0.4 is 25.4 Å². The molecule has 0 radical (unpaired) electrons. The maximum absolute atomic E-state index is 12.7. The van der Waals surface area contributed by atoms with E-state index in [0.29, 0.717) is 37.8 Å². The molecule has 3 N–H and O–H groups in total. The molecule has 2 aliphatic heterocycles. The van der Waals surface area contributed by atoms with E-state index in [9.17, 15) is 9.59 Å². The number of carbonyl (C=O) groups excluding carboxylic acids is 2. The summed E-state index contributed by atoms with van der Waals surface area (Å²) in [6.07, 6.45) is 1.73. The van der Waals surface area contributed by atoms with Crippen LogP contribution in [0.1, 0.15) is 33.1 Å². The molecule has 1 aromatic rings. The van der Waals surface area contributed by atoms with E-state index in [0.717, 1.165) is 18.5 Å². The van der Waals surface area contributed by atoms with Crippen LogP contribution in [0, 0.1) is 5.92 Å². The zero-order valence-corrected chi connectivity index (χ0v) is 16.6. The number of rotatable bonds is 6. The number of benzene rings is 1. The summed E-state index contributed by atoms with van der Waals surface area (Å²) in [7, 11) is 0. The monoisotopic (exact) mass is 397 g/mol. The Labute approximate surface area is 166 Å². The van der Waals surface area contributed by atoms with Crippen molar-refractivity contribution in [1.82, 2.24) is 5.32 Å². The van der Waals surface area contributed by atoms with Gasteiger partial charge in [-0.25, -0.2) is 0 Å². The van der Waals surface area contributed by atoms with Gasteiger partial charge in [0.05, 0.1) is 11.5 Å². The van der Waals surface area contributed by atoms with E-state index in [4.69, 9.17) is 15.2 Å². The first kappa shape index (κ1) is 21.3. The lowest BCUT2D eigenvalue weighted by Gasteiger charge is -2.32. The second-order valence-electron chi connectivity index (χ2n) is 6.91. The van der Waals surface area contributed by atoms with Gasteiger partial charge in [-0.3, -0.25) is 9.59 Å². The topological polar surface area (TPSA) is 93.9 Å². The van der Waals surface area contributed by atoms with Crippen molar-refractivity contribution in [3.63, 3.8) is 0 Å². The number of nitrogens with one attached hydrogen (secondary N) is 1. The Morgan fingerprint density at radius 1 is 1.26 bits per heavy atom. The maximum Gasteiger partial charge on any atom is 0.227 e. The molecule has 3 rings (SSSR count). The maximum atomic E-state index is 12.7. The van der Waals surface area contributed by atoms with Gasteiger partial charge in [-0.1, -0.05) is 13.8 Å². The minimum absolute atomic E-state index is 0. The molecule has 1 atom stereocenters. The summed E-state index contributed by atoms with van der Waals surface area (Å²) in [4.78, 5) is 26.8. The molecule has 0 saturated carbocycles. The fourth-order valence-electron chi connectivity index (χ4n) is 3.46. The third-order valence-corrected chi connectivity index (χ3v) is 5.47. The minimum Gasteiger partial charge on any atom is -0.486 e. The number of amides is 2. The van der Waals surface area contributed by atoms with Crippen LogP contribution in [0.25, 0.3) is 0 Å². The number of nitrogens with zero attached hydrogens (tertiary/aromatic N) is 1. The van der Waals surface area contributed by atoms with E-state index in [1.165, 1.54) is 0 Å². The third kappa shape index (κ3) is 4.30. The van der Waals surface area contributed by atoms with Crippen molar-refractivity contribution in [1.29, 1.82) is 0 Å². The van der Waals surface area contributed by atoms with Crippen LogP contribution in [0.2, 0.25) is 0 Å². The van der Waals surface area contributed by atoms with E-state index in [1.54, 1.807) is 17.0 Å². The van der Waals surface area contributed by atoms with Crippen molar-refractivity contribution in [2.24, 2.45) is 11.7 Å². The number of hydrogen-bond acceptors (Lipinski definition) is 5. The van der Waals surface area contributed by atoms with Crippen LogP contribution in [-0.4, -0.2) is 43.7 Å². The molecular weight excluding hydrogens is 370 g/mol. The zero-order valence-electron chi connectivity index (χ0n) is 15.8. The molecule has 1 unspecified atom stereocenters. The fourth-order valence-corrected chi connectivity index (χ4v) is 3.46. The Morgan fingerprint density at radius 3 is 2.56 bits per heavy atom. The highest BCUT2D eigenvalue weighted by Crippen LogP contribution is 2.36. The van der Waals surface area contributed by atoms with E-state index in [1.807, 2.05) is 19.9 Å². The Hall–Kier alpha value is -1.99. The highest BCUT2D eigenvalue weighted by molar-refractivity contribution is 6.00. The molecule has 2 heterocycles. The summed E-state index contributed by atoms with van der Waals surface area (Å²) in [5, 5.41) is 3.08. The molecule has 2 amide bonds. The van der Waals surface area contributed by atoms with Crippen LogP contribution in [0.5, 0.6) is 11.5 Å². The summed E-state index contributed by atoms with van der Waals surface area (Å²) < 4.78 is 11.1. The SMILES string of the molecule is CCC(CC)(CN)NC(=O)C1CC(=O)N(c2ccc3c(c2)OCCO3)C1.Cl. The van der Waals surface area contributed by atoms with Crippen molar-refractivity contribution in [2.75, 3.05) is 31.2 Å². The van der Waals surface area contributed by atoms with Gasteiger partial charge in [0.25, 0.3) is 0 Å². The lowest BCUT2D eigenvalue weighted by Crippen LogP contribution is -2.54. The molecule has 1 saturated heterocycles. The van der Waals surface area contributed by atoms with Crippen LogP contribution in [0.15, 0.2) is 18.2 Å². The van der Waals surface area contributed by atoms with Crippen molar-refractivity contribution in [2.45, 2.75) is 38.6 Å². The lowest BCUT2D eigenvalue weighted by atomic mass is 9.91. The van der Waals surface area contributed by atoms with E-state index < -0.39 is 5.54 Å². The number of carbonyl (C=O) groups is 2. The molecular formula is C19H28ClN3O4. The number of anilines is 1. The molecule has 1 aromatic carbocycles. The van der Waals surface area contributed by atoms with Gasteiger partial charge in [0.15, 0.2) is 11.5 Å². The summed E-state index contributed by atoms with van der Waals surface area (Å²) in [6, 6.07) is 5.43. The van der Waals surface area contributed by atoms with Gasteiger partial charge in [0.2, 0.25) is 11.8 Å². The molecule has 7 nitrogen and oxygen atoms in total. The second kappa shape index (κ2) is 8.80. The molecule has 0 spiro atoms. The van der Waals surface area contributed by atoms with Crippen LogP contribution in [-0.2, 0) is 9.59 Å². The first-order valence-electron chi connectivity index (χ1n) is 9.24. The van der Waals surface area contributed by atoms with Gasteiger partial charge in [-0.15, -0.1) is 12.4 Å². The van der Waals surface area contributed by atoms with Gasteiger partial charge >= 0.3 is 0 Å². The predicted octanol–water partition coefficient (Wildman–Crippen LogP) is 1.87. The number of fused-ring (bicyclic) bond motifs is 1. The Kier molecular flexibility index (Phi) is 6.95. The van der Waals surface area contributed by atoms with Gasteiger partial charge in [-0.2, -0.15) is 0 Å². The molecule has 1 fully saturated rings. The summed E-state index contributed by atoms with van der Waals surface area (Å²) >= 11 is 0. The van der Waals surface area contributed by atoms with Crippen LogP contribution in [0.4, 0.5) is 5.69 Å². The number of nitrogens with two attached hydrogens (primary N) is 1. The molecule has 0 bridgehead atoms. The Balaban J connectivity index is 0.00000261. The quantitative estimate of drug-likeness (QED) is 0.764. The average Bonchev–Trinajstić information content (AvgIpc) is 3.07. The van der Waals surface area contributed by atoms with Gasteiger partial charge in [-0.05, 0) is 25.0 Å². The van der Waals surface area contributed by atoms with Crippen molar-refractivity contribution in [3.05, 3.63) is 18.2 Å². The summed E-state index contributed by atoms with van der Waals surface area (Å²) in [5.74, 6) is 0.772. The van der Waals surface area contributed by atoms with Gasteiger partial charge < -0.3 is 25.4 Å². The first-order chi connectivity index (χ1) is 12.5. The van der Waals surface area contributed by atoms with E-state index in [-0.39, 0.29) is 36.6 Å². The number of hydrogen-bond donors (Lipinski definition) is 2. The standard InChI is InChI=1S/C19H27N3O4.ClH/c1-3-19(4-2,12-20)21-18(24)13-9-17(23)22(11-13)14-5-6-15-16(10-14)26-8-7-25-15;/h5-6,10,13H,3-4,7-9,11-12,20H2,1-2H3,(H,21,24);1H. The van der Waals surface area contributed by atoms with Crippen LogP contribution in [0.3, 0.4) is 0 Å². The minimum atomic E-state index is -0.398. The molecule has 27 heavy (non-hydrogen) atoms. The van der Waals surface area contributed by atoms with Gasteiger partial charge in [0, 0.05) is 31.3 Å².